The van der Waals surface area contributed by atoms with Crippen molar-refractivity contribution in [2.45, 2.75) is 5.60 Å². The molecule has 1 spiro atoms. The molecule has 0 fully saturated rings. The summed E-state index contributed by atoms with van der Waals surface area (Å²) in [6.07, 6.45) is 0. The van der Waals surface area contributed by atoms with Gasteiger partial charge in [-0.2, -0.15) is 0 Å². The van der Waals surface area contributed by atoms with Crippen molar-refractivity contribution in [2.24, 2.45) is 0 Å². The van der Waals surface area contributed by atoms with Crippen molar-refractivity contribution >= 4 is 23.0 Å². The highest BCUT2D eigenvalue weighted by Crippen LogP contribution is 2.56. The highest BCUT2D eigenvalue weighted by molar-refractivity contribution is 5.97. The second kappa shape index (κ2) is 6.62. The molecule has 0 aliphatic carbocycles. The third-order valence-corrected chi connectivity index (χ3v) is 6.25. The Balaban J connectivity index is 1.58. The van der Waals surface area contributed by atoms with Crippen LogP contribution in [0.25, 0.3) is 0 Å². The van der Waals surface area contributed by atoms with Crippen LogP contribution < -0.4 is 15.4 Å². The van der Waals surface area contributed by atoms with Gasteiger partial charge in [-0.25, -0.2) is 4.79 Å². The Morgan fingerprint density at radius 2 is 1.53 bits per heavy atom. The molecule has 2 heterocycles. The van der Waals surface area contributed by atoms with Gasteiger partial charge in [0.2, 0.25) is 0 Å². The first-order chi connectivity index (χ1) is 15.6. The topological polar surface area (TPSA) is 64.8 Å². The van der Waals surface area contributed by atoms with Crippen molar-refractivity contribution in [1.82, 2.24) is 0 Å². The molecule has 32 heavy (non-hydrogen) atoms. The van der Waals surface area contributed by atoms with Gasteiger partial charge in [0.15, 0.2) is 5.60 Å². The Kier molecular flexibility index (Phi) is 3.83. The number of hydrogen-bond acceptors (Lipinski definition) is 5. The first-order valence-electron chi connectivity index (χ1n) is 10.4. The van der Waals surface area contributed by atoms with Crippen LogP contribution in [0.2, 0.25) is 0 Å². The van der Waals surface area contributed by atoms with Gasteiger partial charge < -0.3 is 20.1 Å². The van der Waals surface area contributed by atoms with E-state index in [-0.39, 0.29) is 5.97 Å². The van der Waals surface area contributed by atoms with Crippen LogP contribution in [0.5, 0.6) is 11.5 Å². The van der Waals surface area contributed by atoms with Gasteiger partial charge in [0.25, 0.3) is 0 Å². The summed E-state index contributed by atoms with van der Waals surface area (Å²) in [5.41, 5.74) is 10.5. The minimum atomic E-state index is -1.10. The molecular formula is C27H20N2O3. The third-order valence-electron chi connectivity index (χ3n) is 6.25. The zero-order chi connectivity index (χ0) is 21.9. The summed E-state index contributed by atoms with van der Waals surface area (Å²) in [6.45, 7) is 0. The van der Waals surface area contributed by atoms with Gasteiger partial charge >= 0.3 is 5.97 Å². The highest BCUT2D eigenvalue weighted by atomic mass is 16.6. The number of fused-ring (bicyclic) bond motifs is 6. The maximum atomic E-state index is 12.9. The van der Waals surface area contributed by atoms with Crippen LogP contribution in [0.1, 0.15) is 27.0 Å². The molecule has 6 rings (SSSR count). The van der Waals surface area contributed by atoms with Gasteiger partial charge in [-0.3, -0.25) is 0 Å². The Morgan fingerprint density at radius 1 is 0.750 bits per heavy atom. The number of anilines is 3. The van der Waals surface area contributed by atoms with Crippen LogP contribution in [0.15, 0.2) is 91.0 Å². The number of para-hydroxylation sites is 1. The van der Waals surface area contributed by atoms with Crippen LogP contribution in [-0.2, 0) is 10.3 Å². The minimum absolute atomic E-state index is 0.354. The number of ether oxygens (including phenoxy) is 2. The Bertz CT molecular complexity index is 1380. The quantitative estimate of drug-likeness (QED) is 0.338. The SMILES string of the molecule is CN(c1ccccc1)c1ccc2c(c1)Oc1ccc(N)cc1C21OC(=O)c2ccccc21. The zero-order valence-electron chi connectivity index (χ0n) is 17.4. The largest absolute Gasteiger partial charge is 0.456 e. The van der Waals surface area contributed by atoms with Crippen LogP contribution in [-0.4, -0.2) is 13.0 Å². The lowest BCUT2D eigenvalue weighted by molar-refractivity contribution is 0.0224. The van der Waals surface area contributed by atoms with E-state index in [4.69, 9.17) is 15.2 Å². The van der Waals surface area contributed by atoms with E-state index >= 15 is 0 Å². The molecule has 0 saturated carbocycles. The molecule has 5 nitrogen and oxygen atoms in total. The summed E-state index contributed by atoms with van der Waals surface area (Å²) in [5.74, 6) is 0.912. The van der Waals surface area contributed by atoms with Crippen LogP contribution in [0, 0.1) is 0 Å². The summed E-state index contributed by atoms with van der Waals surface area (Å²) >= 11 is 0. The molecule has 1 unspecified atom stereocenters. The second-order valence-electron chi connectivity index (χ2n) is 8.05. The Hall–Kier alpha value is -4.25. The molecule has 2 N–H and O–H groups in total. The molecule has 4 aromatic rings. The molecular weight excluding hydrogens is 400 g/mol. The highest BCUT2D eigenvalue weighted by Gasteiger charge is 2.53. The predicted octanol–water partition coefficient (Wildman–Crippen LogP) is 5.60. The smallest absolute Gasteiger partial charge is 0.340 e. The Morgan fingerprint density at radius 3 is 2.38 bits per heavy atom. The molecule has 2 aliphatic rings. The Labute approximate surface area is 185 Å². The lowest BCUT2D eigenvalue weighted by Gasteiger charge is -2.37. The standard InChI is InChI=1S/C27H20N2O3/c1-29(18-7-3-2-4-8-18)19-12-13-22-25(16-19)31-24-14-11-17(28)15-23(24)27(22)21-10-6-5-9-20(21)26(30)32-27/h2-16H,28H2,1H3. The molecule has 0 radical (unpaired) electrons. The van der Waals surface area contributed by atoms with Crippen molar-refractivity contribution < 1.29 is 14.3 Å². The molecule has 0 amide bonds. The van der Waals surface area contributed by atoms with E-state index in [0.29, 0.717) is 22.7 Å². The van der Waals surface area contributed by atoms with Crippen LogP contribution >= 0.6 is 0 Å². The predicted molar refractivity (Wildman–Crippen MR) is 124 cm³/mol. The van der Waals surface area contributed by atoms with E-state index in [1.54, 1.807) is 12.1 Å². The van der Waals surface area contributed by atoms with Crippen LogP contribution in [0.4, 0.5) is 17.1 Å². The number of benzene rings is 4. The van der Waals surface area contributed by atoms with Crippen molar-refractivity contribution in [3.63, 3.8) is 0 Å². The average Bonchev–Trinajstić information content (AvgIpc) is 3.13. The summed E-state index contributed by atoms with van der Waals surface area (Å²) in [5, 5.41) is 0. The fourth-order valence-corrected chi connectivity index (χ4v) is 4.69. The fourth-order valence-electron chi connectivity index (χ4n) is 4.69. The summed E-state index contributed by atoms with van der Waals surface area (Å²) in [4.78, 5) is 15.0. The van der Waals surface area contributed by atoms with E-state index in [1.165, 1.54) is 0 Å². The first-order valence-corrected chi connectivity index (χ1v) is 10.4. The number of nitrogens with two attached hydrogens (primary N) is 1. The van der Waals surface area contributed by atoms with Gasteiger partial charge in [-0.15, -0.1) is 0 Å². The monoisotopic (exact) mass is 420 g/mol. The zero-order valence-corrected chi connectivity index (χ0v) is 17.4. The van der Waals surface area contributed by atoms with Crippen molar-refractivity contribution in [1.29, 1.82) is 0 Å². The maximum Gasteiger partial charge on any atom is 0.340 e. The molecule has 2 aliphatic heterocycles. The number of nitrogen functional groups attached to an aromatic ring is 1. The molecule has 156 valence electrons. The van der Waals surface area contributed by atoms with Crippen molar-refractivity contribution in [3.8, 4) is 11.5 Å². The van der Waals surface area contributed by atoms with E-state index in [9.17, 15) is 4.79 Å². The number of carbonyl (C=O) groups is 1. The van der Waals surface area contributed by atoms with Crippen molar-refractivity contribution in [2.75, 3.05) is 17.7 Å². The first kappa shape index (κ1) is 18.5. The number of hydrogen-bond donors (Lipinski definition) is 1. The number of rotatable bonds is 2. The third kappa shape index (κ3) is 2.48. The lowest BCUT2D eigenvalue weighted by atomic mass is 9.77. The number of carbonyl (C=O) groups excluding carboxylic acids is 1. The molecule has 0 bridgehead atoms. The minimum Gasteiger partial charge on any atom is -0.456 e. The second-order valence-corrected chi connectivity index (χ2v) is 8.05. The van der Waals surface area contributed by atoms with Gasteiger partial charge in [0, 0.05) is 46.9 Å². The molecule has 4 aromatic carbocycles. The van der Waals surface area contributed by atoms with E-state index in [2.05, 4.69) is 17.0 Å². The van der Waals surface area contributed by atoms with Gasteiger partial charge in [0.1, 0.15) is 11.5 Å². The molecule has 0 saturated heterocycles. The van der Waals surface area contributed by atoms with Gasteiger partial charge in [-0.1, -0.05) is 36.4 Å². The summed E-state index contributed by atoms with van der Waals surface area (Å²) in [6, 6.07) is 29.0. The lowest BCUT2D eigenvalue weighted by Crippen LogP contribution is -2.33. The molecule has 5 heteroatoms. The maximum absolute atomic E-state index is 12.9. The summed E-state index contributed by atoms with van der Waals surface area (Å²) < 4.78 is 12.5. The van der Waals surface area contributed by atoms with E-state index < -0.39 is 5.60 Å². The van der Waals surface area contributed by atoms with E-state index in [1.807, 2.05) is 73.8 Å². The van der Waals surface area contributed by atoms with Gasteiger partial charge in [0.05, 0.1) is 5.56 Å². The van der Waals surface area contributed by atoms with Gasteiger partial charge in [-0.05, 0) is 48.5 Å². The normalized spacial score (nSPS) is 17.7. The van der Waals surface area contributed by atoms with Crippen LogP contribution in [0.3, 0.4) is 0 Å². The number of esters is 1. The number of nitrogens with zero attached hydrogens (tertiary/aromatic N) is 1. The average molecular weight is 420 g/mol. The molecule has 0 aromatic heterocycles. The fraction of sp³-hybridized carbons (Fsp3) is 0.0741. The summed E-state index contributed by atoms with van der Waals surface area (Å²) in [7, 11) is 2.01. The molecule has 1 atom stereocenters. The van der Waals surface area contributed by atoms with E-state index in [0.717, 1.165) is 28.1 Å². The van der Waals surface area contributed by atoms with Crippen molar-refractivity contribution in [3.05, 3.63) is 113 Å².